The summed E-state index contributed by atoms with van der Waals surface area (Å²) in [5.41, 5.74) is 1.02. The molecule has 1 aromatic rings. The number of methoxy groups -OCH3 is 2. The number of unbranched alkanes of at least 4 members (excludes halogenated alkanes) is 2. The Hall–Kier alpha value is -1.71. The number of benzene rings is 1. The van der Waals surface area contributed by atoms with Gasteiger partial charge in [0.15, 0.2) is 11.5 Å². The van der Waals surface area contributed by atoms with Crippen LogP contribution in [-0.4, -0.2) is 26.8 Å². The first kappa shape index (κ1) is 18.3. The molecule has 124 valence electrons. The average Bonchev–Trinajstić information content (AvgIpc) is 2.53. The van der Waals surface area contributed by atoms with Gasteiger partial charge in [0, 0.05) is 5.56 Å². The van der Waals surface area contributed by atoms with Gasteiger partial charge in [-0.2, -0.15) is 0 Å². The van der Waals surface area contributed by atoms with E-state index in [1.807, 2.05) is 25.1 Å². The second-order valence-corrected chi connectivity index (χ2v) is 5.28. The Morgan fingerprint density at radius 2 is 1.91 bits per heavy atom. The SMILES string of the molecule is CCCCCC(CC(=O)OCC)c1cccc(OC)c1OC. The first-order valence-electron chi connectivity index (χ1n) is 8.04. The molecule has 0 saturated carbocycles. The Bertz CT molecular complexity index is 456. The predicted molar refractivity (Wildman–Crippen MR) is 87.7 cm³/mol. The van der Waals surface area contributed by atoms with Gasteiger partial charge >= 0.3 is 5.97 Å². The van der Waals surface area contributed by atoms with Crippen molar-refractivity contribution < 1.29 is 19.0 Å². The van der Waals surface area contributed by atoms with Crippen molar-refractivity contribution in [2.45, 2.75) is 51.9 Å². The van der Waals surface area contributed by atoms with Gasteiger partial charge < -0.3 is 14.2 Å². The van der Waals surface area contributed by atoms with Crippen LogP contribution >= 0.6 is 0 Å². The van der Waals surface area contributed by atoms with Gasteiger partial charge in [-0.25, -0.2) is 0 Å². The minimum atomic E-state index is -0.158. The van der Waals surface area contributed by atoms with E-state index in [1.165, 1.54) is 0 Å². The van der Waals surface area contributed by atoms with Gasteiger partial charge in [-0.05, 0) is 25.3 Å². The third-order valence-electron chi connectivity index (χ3n) is 3.75. The highest BCUT2D eigenvalue weighted by molar-refractivity contribution is 5.71. The number of ether oxygens (including phenoxy) is 3. The van der Waals surface area contributed by atoms with Gasteiger partial charge in [-0.3, -0.25) is 4.79 Å². The van der Waals surface area contributed by atoms with Crippen molar-refractivity contribution in [2.24, 2.45) is 0 Å². The summed E-state index contributed by atoms with van der Waals surface area (Å²) >= 11 is 0. The van der Waals surface area contributed by atoms with Gasteiger partial charge in [0.25, 0.3) is 0 Å². The van der Waals surface area contributed by atoms with Crippen molar-refractivity contribution >= 4 is 5.97 Å². The molecule has 4 heteroatoms. The van der Waals surface area contributed by atoms with Crippen LogP contribution in [0.15, 0.2) is 18.2 Å². The summed E-state index contributed by atoms with van der Waals surface area (Å²) in [6.07, 6.45) is 4.71. The molecule has 0 saturated heterocycles. The van der Waals surface area contributed by atoms with Gasteiger partial charge in [-0.15, -0.1) is 0 Å². The smallest absolute Gasteiger partial charge is 0.306 e. The van der Waals surface area contributed by atoms with E-state index in [-0.39, 0.29) is 11.9 Å². The molecule has 0 aromatic heterocycles. The van der Waals surface area contributed by atoms with Gasteiger partial charge in [0.05, 0.1) is 27.2 Å². The highest BCUT2D eigenvalue weighted by atomic mass is 16.5. The number of carbonyl (C=O) groups is 1. The number of esters is 1. The van der Waals surface area contributed by atoms with E-state index < -0.39 is 0 Å². The fraction of sp³-hybridized carbons (Fsp3) is 0.611. The summed E-state index contributed by atoms with van der Waals surface area (Å²) in [7, 11) is 3.26. The van der Waals surface area contributed by atoms with Crippen LogP contribution in [0.1, 0.15) is 57.4 Å². The Labute approximate surface area is 133 Å². The fourth-order valence-corrected chi connectivity index (χ4v) is 2.66. The Morgan fingerprint density at radius 1 is 1.14 bits per heavy atom. The minimum Gasteiger partial charge on any atom is -0.493 e. The Balaban J connectivity index is 3.00. The first-order chi connectivity index (χ1) is 10.7. The zero-order valence-electron chi connectivity index (χ0n) is 14.2. The van der Waals surface area contributed by atoms with E-state index in [9.17, 15) is 4.79 Å². The van der Waals surface area contributed by atoms with Gasteiger partial charge in [0.1, 0.15) is 0 Å². The molecule has 0 radical (unpaired) electrons. The summed E-state index contributed by atoms with van der Waals surface area (Å²) < 4.78 is 16.0. The largest absolute Gasteiger partial charge is 0.493 e. The van der Waals surface area contributed by atoms with Crippen LogP contribution < -0.4 is 9.47 Å². The molecule has 1 aromatic carbocycles. The van der Waals surface area contributed by atoms with Crippen molar-refractivity contribution in [3.05, 3.63) is 23.8 Å². The van der Waals surface area contributed by atoms with E-state index in [1.54, 1.807) is 14.2 Å². The van der Waals surface area contributed by atoms with Gasteiger partial charge in [0.2, 0.25) is 0 Å². The number of hydrogen-bond donors (Lipinski definition) is 0. The van der Waals surface area contributed by atoms with E-state index in [2.05, 4.69) is 6.92 Å². The lowest BCUT2D eigenvalue weighted by atomic mass is 9.89. The molecule has 0 bridgehead atoms. The maximum Gasteiger partial charge on any atom is 0.306 e. The molecule has 1 rings (SSSR count). The summed E-state index contributed by atoms with van der Waals surface area (Å²) in [6.45, 7) is 4.42. The van der Waals surface area contributed by atoms with Crippen molar-refractivity contribution in [1.82, 2.24) is 0 Å². The molecule has 0 amide bonds. The summed E-state index contributed by atoms with van der Waals surface area (Å²) in [5.74, 6) is 1.35. The summed E-state index contributed by atoms with van der Waals surface area (Å²) in [4.78, 5) is 11.9. The van der Waals surface area contributed by atoms with Crippen LogP contribution in [0.25, 0.3) is 0 Å². The molecule has 1 unspecified atom stereocenters. The monoisotopic (exact) mass is 308 g/mol. The lowest BCUT2D eigenvalue weighted by molar-refractivity contribution is -0.143. The molecular weight excluding hydrogens is 280 g/mol. The molecule has 0 aliphatic rings. The lowest BCUT2D eigenvalue weighted by Crippen LogP contribution is -2.12. The average molecular weight is 308 g/mol. The fourth-order valence-electron chi connectivity index (χ4n) is 2.66. The van der Waals surface area contributed by atoms with Crippen LogP contribution in [0.4, 0.5) is 0 Å². The molecule has 0 aliphatic heterocycles. The van der Waals surface area contributed by atoms with Crippen LogP contribution in [0.5, 0.6) is 11.5 Å². The normalized spacial score (nSPS) is 11.8. The molecule has 1 atom stereocenters. The quantitative estimate of drug-likeness (QED) is 0.477. The molecule has 0 heterocycles. The van der Waals surface area contributed by atoms with E-state index in [0.717, 1.165) is 37.0 Å². The van der Waals surface area contributed by atoms with Crippen LogP contribution in [0, 0.1) is 0 Å². The number of para-hydroxylation sites is 1. The second-order valence-electron chi connectivity index (χ2n) is 5.28. The minimum absolute atomic E-state index is 0.0932. The van der Waals surface area contributed by atoms with E-state index in [4.69, 9.17) is 14.2 Å². The molecule has 0 aliphatic carbocycles. The van der Waals surface area contributed by atoms with Crippen molar-refractivity contribution in [3.8, 4) is 11.5 Å². The van der Waals surface area contributed by atoms with E-state index >= 15 is 0 Å². The third kappa shape index (κ3) is 5.24. The van der Waals surface area contributed by atoms with Crippen molar-refractivity contribution in [3.63, 3.8) is 0 Å². The second kappa shape index (κ2) is 10.1. The van der Waals surface area contributed by atoms with Crippen LogP contribution in [-0.2, 0) is 9.53 Å². The summed E-state index contributed by atoms with van der Waals surface area (Å²) in [5, 5.41) is 0. The standard InChI is InChI=1S/C18H28O4/c1-5-7-8-10-14(13-17(19)22-6-2)15-11-9-12-16(20-3)18(15)21-4/h9,11-12,14H,5-8,10,13H2,1-4H3. The zero-order chi connectivity index (χ0) is 16.4. The van der Waals surface area contributed by atoms with Gasteiger partial charge in [-0.1, -0.05) is 38.3 Å². The third-order valence-corrected chi connectivity index (χ3v) is 3.75. The number of rotatable bonds is 10. The predicted octanol–water partition coefficient (Wildman–Crippen LogP) is 4.32. The number of carbonyl (C=O) groups excluding carboxylic acids is 1. The molecule has 22 heavy (non-hydrogen) atoms. The van der Waals surface area contributed by atoms with Crippen molar-refractivity contribution in [1.29, 1.82) is 0 Å². The van der Waals surface area contributed by atoms with Crippen LogP contribution in [0.2, 0.25) is 0 Å². The molecule has 0 fully saturated rings. The lowest BCUT2D eigenvalue weighted by Gasteiger charge is -2.20. The summed E-state index contributed by atoms with van der Waals surface area (Å²) in [6, 6.07) is 5.82. The topological polar surface area (TPSA) is 44.8 Å². The maximum absolute atomic E-state index is 11.9. The number of hydrogen-bond acceptors (Lipinski definition) is 4. The Morgan fingerprint density at radius 3 is 2.50 bits per heavy atom. The molecule has 4 nitrogen and oxygen atoms in total. The maximum atomic E-state index is 11.9. The Kier molecular flexibility index (Phi) is 8.41. The highest BCUT2D eigenvalue weighted by Gasteiger charge is 2.22. The van der Waals surface area contributed by atoms with Crippen molar-refractivity contribution in [2.75, 3.05) is 20.8 Å². The molecular formula is C18H28O4. The van der Waals surface area contributed by atoms with Crippen LogP contribution in [0.3, 0.4) is 0 Å². The highest BCUT2D eigenvalue weighted by Crippen LogP contribution is 2.39. The molecule has 0 N–H and O–H groups in total. The molecule has 0 spiro atoms. The van der Waals surface area contributed by atoms with E-state index in [0.29, 0.717) is 18.8 Å². The zero-order valence-corrected chi connectivity index (χ0v) is 14.2. The first-order valence-corrected chi connectivity index (χ1v) is 8.04.